The molecule has 0 spiro atoms. The summed E-state index contributed by atoms with van der Waals surface area (Å²) in [6.45, 7) is 4.92. The van der Waals surface area contributed by atoms with E-state index in [0.29, 0.717) is 0 Å². The summed E-state index contributed by atoms with van der Waals surface area (Å²) in [4.78, 5) is 15.7. The molecule has 0 fully saturated rings. The number of para-hydroxylation sites is 1. The maximum atomic E-state index is 11.6. The van der Waals surface area contributed by atoms with Crippen molar-refractivity contribution in [2.24, 2.45) is 0 Å². The third-order valence-corrected chi connectivity index (χ3v) is 3.18. The van der Waals surface area contributed by atoms with Gasteiger partial charge in [-0.05, 0) is 12.1 Å². The largest absolute Gasteiger partial charge is 0.489 e. The highest BCUT2D eigenvalue weighted by atomic mass is 16.5. The van der Waals surface area contributed by atoms with Crippen molar-refractivity contribution in [3.05, 3.63) is 18.2 Å². The third kappa shape index (κ3) is 1.26. The van der Waals surface area contributed by atoms with Gasteiger partial charge in [0.25, 0.3) is 0 Å². The maximum Gasteiger partial charge on any atom is 0.223 e. The molecular weight excluding hydrogens is 204 g/mol. The molecule has 0 aromatic heterocycles. The van der Waals surface area contributed by atoms with E-state index in [4.69, 9.17) is 4.74 Å². The van der Waals surface area contributed by atoms with E-state index in [1.807, 2.05) is 23.1 Å². The zero-order valence-corrected chi connectivity index (χ0v) is 9.27. The normalized spacial score (nSPS) is 17.8. The Labute approximate surface area is 94.4 Å². The minimum Gasteiger partial charge on any atom is -0.489 e. The molecule has 0 aliphatic carbocycles. The Hall–Kier alpha value is -1.71. The van der Waals surface area contributed by atoms with Crippen LogP contribution in [0.1, 0.15) is 6.92 Å². The Bertz CT molecular complexity index is 445. The second kappa shape index (κ2) is 3.40. The Kier molecular flexibility index (Phi) is 2.02. The van der Waals surface area contributed by atoms with E-state index in [1.165, 1.54) is 0 Å². The third-order valence-electron chi connectivity index (χ3n) is 3.18. The summed E-state index contributed by atoms with van der Waals surface area (Å²) in [6, 6.07) is 5.90. The summed E-state index contributed by atoms with van der Waals surface area (Å²) in [6.07, 6.45) is 0. The molecule has 0 bridgehead atoms. The molecule has 1 aromatic rings. The molecule has 3 rings (SSSR count). The van der Waals surface area contributed by atoms with Crippen LogP contribution in [0.15, 0.2) is 18.2 Å². The number of carbonyl (C=O) groups excluding carboxylic acids is 1. The summed E-state index contributed by atoms with van der Waals surface area (Å²) in [5.74, 6) is 0.994. The summed E-state index contributed by atoms with van der Waals surface area (Å²) < 4.78 is 5.62. The van der Waals surface area contributed by atoms with Gasteiger partial charge in [0.1, 0.15) is 18.0 Å². The molecule has 1 aromatic carbocycles. The van der Waals surface area contributed by atoms with E-state index in [9.17, 15) is 4.79 Å². The van der Waals surface area contributed by atoms with E-state index in [-0.39, 0.29) is 5.91 Å². The predicted octanol–water partition coefficient (Wildman–Crippen LogP) is 1.25. The number of hydrogen-bond donors (Lipinski definition) is 0. The topological polar surface area (TPSA) is 32.8 Å². The lowest BCUT2D eigenvalue weighted by atomic mass is 10.1. The second-order valence-corrected chi connectivity index (χ2v) is 4.13. The molecule has 4 nitrogen and oxygen atoms in total. The van der Waals surface area contributed by atoms with Crippen LogP contribution in [0, 0.1) is 0 Å². The SMILES string of the molecule is CC(=O)N1CCN2CCOc3cccc1c32. The first-order valence-electron chi connectivity index (χ1n) is 5.56. The standard InChI is InChI=1S/C12H14N2O2/c1-9(15)14-6-5-13-7-8-16-11-4-2-3-10(14)12(11)13/h2-4H,5-8H2,1H3. The molecule has 0 N–H and O–H groups in total. The summed E-state index contributed by atoms with van der Waals surface area (Å²) in [7, 11) is 0. The number of anilines is 2. The molecular formula is C12H14N2O2. The van der Waals surface area contributed by atoms with Crippen LogP contribution in [0.5, 0.6) is 5.75 Å². The van der Waals surface area contributed by atoms with Gasteiger partial charge in [-0.15, -0.1) is 0 Å². The summed E-state index contributed by atoms with van der Waals surface area (Å²) in [5.41, 5.74) is 2.06. The van der Waals surface area contributed by atoms with Gasteiger partial charge in [-0.3, -0.25) is 4.79 Å². The highest BCUT2D eigenvalue weighted by molar-refractivity contribution is 5.98. The quantitative estimate of drug-likeness (QED) is 0.657. The van der Waals surface area contributed by atoms with Gasteiger partial charge >= 0.3 is 0 Å². The second-order valence-electron chi connectivity index (χ2n) is 4.13. The highest BCUT2D eigenvalue weighted by Gasteiger charge is 2.29. The van der Waals surface area contributed by atoms with Crippen molar-refractivity contribution < 1.29 is 9.53 Å². The molecule has 16 heavy (non-hydrogen) atoms. The van der Waals surface area contributed by atoms with E-state index in [2.05, 4.69) is 4.90 Å². The average Bonchev–Trinajstić information content (AvgIpc) is 2.30. The lowest BCUT2D eigenvalue weighted by Gasteiger charge is -2.40. The molecule has 2 aliphatic rings. The van der Waals surface area contributed by atoms with E-state index < -0.39 is 0 Å². The molecule has 4 heteroatoms. The first kappa shape index (κ1) is 9.51. The van der Waals surface area contributed by atoms with Gasteiger partial charge in [-0.25, -0.2) is 0 Å². The fourth-order valence-corrected chi connectivity index (χ4v) is 2.43. The summed E-state index contributed by atoms with van der Waals surface area (Å²) >= 11 is 0. The van der Waals surface area contributed by atoms with Gasteiger partial charge in [0.2, 0.25) is 5.91 Å². The van der Waals surface area contributed by atoms with E-state index >= 15 is 0 Å². The molecule has 1 amide bonds. The Morgan fingerprint density at radius 1 is 1.31 bits per heavy atom. The van der Waals surface area contributed by atoms with Crippen LogP contribution in [-0.2, 0) is 4.79 Å². The van der Waals surface area contributed by atoms with Crippen molar-refractivity contribution in [1.82, 2.24) is 0 Å². The average molecular weight is 218 g/mol. The van der Waals surface area contributed by atoms with Gasteiger partial charge in [-0.1, -0.05) is 6.07 Å². The predicted molar refractivity (Wildman–Crippen MR) is 62.2 cm³/mol. The van der Waals surface area contributed by atoms with Crippen molar-refractivity contribution in [3.63, 3.8) is 0 Å². The lowest BCUT2D eigenvalue weighted by molar-refractivity contribution is -0.116. The van der Waals surface area contributed by atoms with Gasteiger partial charge in [0.05, 0.1) is 12.2 Å². The fraction of sp³-hybridized carbons (Fsp3) is 0.417. The highest BCUT2D eigenvalue weighted by Crippen LogP contribution is 2.42. The molecule has 0 unspecified atom stereocenters. The van der Waals surface area contributed by atoms with Crippen LogP contribution in [-0.4, -0.2) is 32.1 Å². The van der Waals surface area contributed by atoms with Crippen molar-refractivity contribution in [2.45, 2.75) is 6.92 Å². The number of amides is 1. The fourth-order valence-electron chi connectivity index (χ4n) is 2.43. The minimum atomic E-state index is 0.0959. The Balaban J connectivity index is 2.15. The smallest absolute Gasteiger partial charge is 0.223 e. The first-order chi connectivity index (χ1) is 7.77. The van der Waals surface area contributed by atoms with Crippen molar-refractivity contribution in [3.8, 4) is 5.75 Å². The monoisotopic (exact) mass is 218 g/mol. The molecule has 2 heterocycles. The van der Waals surface area contributed by atoms with E-state index in [1.54, 1.807) is 6.92 Å². The van der Waals surface area contributed by atoms with Gasteiger partial charge < -0.3 is 14.5 Å². The van der Waals surface area contributed by atoms with Gasteiger partial charge in [0, 0.05) is 20.0 Å². The number of nitrogens with zero attached hydrogens (tertiary/aromatic N) is 2. The molecule has 84 valence electrons. The number of benzene rings is 1. The maximum absolute atomic E-state index is 11.6. The summed E-state index contributed by atoms with van der Waals surface area (Å²) in [5, 5.41) is 0. The van der Waals surface area contributed by atoms with Crippen molar-refractivity contribution in [2.75, 3.05) is 36.0 Å². The molecule has 0 atom stereocenters. The van der Waals surface area contributed by atoms with Crippen LogP contribution in [0.2, 0.25) is 0 Å². The Morgan fingerprint density at radius 3 is 3.00 bits per heavy atom. The molecule has 2 aliphatic heterocycles. The van der Waals surface area contributed by atoms with Crippen molar-refractivity contribution >= 4 is 17.3 Å². The first-order valence-corrected chi connectivity index (χ1v) is 5.56. The minimum absolute atomic E-state index is 0.0959. The Morgan fingerprint density at radius 2 is 2.19 bits per heavy atom. The van der Waals surface area contributed by atoms with Crippen LogP contribution >= 0.6 is 0 Å². The lowest BCUT2D eigenvalue weighted by Crippen LogP contribution is -2.46. The van der Waals surface area contributed by atoms with E-state index in [0.717, 1.165) is 43.4 Å². The number of rotatable bonds is 0. The van der Waals surface area contributed by atoms with Crippen LogP contribution in [0.25, 0.3) is 0 Å². The zero-order chi connectivity index (χ0) is 11.1. The van der Waals surface area contributed by atoms with Crippen LogP contribution in [0.3, 0.4) is 0 Å². The number of hydrogen-bond acceptors (Lipinski definition) is 3. The van der Waals surface area contributed by atoms with Gasteiger partial charge in [0.15, 0.2) is 0 Å². The number of carbonyl (C=O) groups is 1. The number of ether oxygens (including phenoxy) is 1. The molecule has 0 saturated carbocycles. The van der Waals surface area contributed by atoms with Crippen molar-refractivity contribution in [1.29, 1.82) is 0 Å². The van der Waals surface area contributed by atoms with Crippen LogP contribution in [0.4, 0.5) is 11.4 Å². The molecule has 0 saturated heterocycles. The van der Waals surface area contributed by atoms with Gasteiger partial charge in [-0.2, -0.15) is 0 Å². The van der Waals surface area contributed by atoms with Crippen LogP contribution < -0.4 is 14.5 Å². The zero-order valence-electron chi connectivity index (χ0n) is 9.27. The molecule has 0 radical (unpaired) electrons.